The normalized spacial score (nSPS) is 31.1. The largest absolute Gasteiger partial charge is 0.451 e. The molecule has 4 aliphatic carbocycles. The second-order valence-corrected chi connectivity index (χ2v) is 12.5. The summed E-state index contributed by atoms with van der Waals surface area (Å²) in [5.41, 5.74) is 4.18. The summed E-state index contributed by atoms with van der Waals surface area (Å²) in [6.07, 6.45) is 6.37. The second-order valence-electron chi connectivity index (χ2n) is 12.5. The average Bonchev–Trinajstić information content (AvgIpc) is 3.20. The van der Waals surface area contributed by atoms with E-state index in [1.165, 1.54) is 36.3 Å². The van der Waals surface area contributed by atoms with Crippen molar-refractivity contribution in [2.75, 3.05) is 32.7 Å². The number of carbonyl (C=O) groups excluding carboxylic acids is 4. The summed E-state index contributed by atoms with van der Waals surface area (Å²) in [5, 5.41) is 0. The minimum atomic E-state index is -1.36. The SMILES string of the molecule is COCC(=O)CC(=O)[C@@]1(OC(C)=O)CC[C@H]2[C@@H]3CCC4=CC(=O)CCC4=C3[C@@H](c3ccc(N(C)C)cc3)C[C@@]21C. The van der Waals surface area contributed by atoms with Crippen LogP contribution in [0.25, 0.3) is 0 Å². The van der Waals surface area contributed by atoms with Gasteiger partial charge in [0.25, 0.3) is 0 Å². The minimum Gasteiger partial charge on any atom is -0.451 e. The lowest BCUT2D eigenvalue weighted by Gasteiger charge is -2.55. The van der Waals surface area contributed by atoms with E-state index < -0.39 is 17.0 Å². The number of allylic oxidation sites excluding steroid dienone is 4. The van der Waals surface area contributed by atoms with Crippen molar-refractivity contribution in [2.45, 2.75) is 76.7 Å². The van der Waals surface area contributed by atoms with Gasteiger partial charge in [-0.2, -0.15) is 0 Å². The number of hydrogen-bond acceptors (Lipinski definition) is 7. The van der Waals surface area contributed by atoms with Gasteiger partial charge >= 0.3 is 5.97 Å². The molecule has 1 aromatic rings. The summed E-state index contributed by atoms with van der Waals surface area (Å²) < 4.78 is 11.1. The Balaban J connectivity index is 1.65. The molecule has 4 aliphatic rings. The first-order chi connectivity index (χ1) is 19.0. The number of methoxy groups -OCH3 is 1. The lowest BCUT2D eigenvalue weighted by molar-refractivity contribution is -0.184. The smallest absolute Gasteiger partial charge is 0.303 e. The van der Waals surface area contributed by atoms with E-state index in [0.29, 0.717) is 19.3 Å². The Hall–Kier alpha value is -3.06. The number of Topliss-reactive ketones (excluding diaryl/α,β-unsaturated/α-hetero) is 2. The van der Waals surface area contributed by atoms with Crippen LogP contribution in [-0.4, -0.2) is 56.7 Å². The van der Waals surface area contributed by atoms with Crippen LogP contribution in [0.5, 0.6) is 0 Å². The zero-order valence-corrected chi connectivity index (χ0v) is 24.4. The molecular formula is C33H41NO6. The summed E-state index contributed by atoms with van der Waals surface area (Å²) in [7, 11) is 5.47. The lowest BCUT2D eigenvalue weighted by atomic mass is 9.50. The molecule has 0 bridgehead atoms. The Bertz CT molecular complexity index is 1290. The Morgan fingerprint density at radius 2 is 1.77 bits per heavy atom. The van der Waals surface area contributed by atoms with Gasteiger partial charge in [0.1, 0.15) is 6.61 Å². The van der Waals surface area contributed by atoms with Gasteiger partial charge < -0.3 is 14.4 Å². The summed E-state index contributed by atoms with van der Waals surface area (Å²) in [5.74, 6) is -0.543. The van der Waals surface area contributed by atoms with E-state index in [1.54, 1.807) is 0 Å². The van der Waals surface area contributed by atoms with Crippen molar-refractivity contribution in [3.63, 3.8) is 0 Å². The van der Waals surface area contributed by atoms with E-state index in [9.17, 15) is 19.2 Å². The third kappa shape index (κ3) is 4.66. The van der Waals surface area contributed by atoms with Gasteiger partial charge in [-0.3, -0.25) is 19.2 Å². The molecule has 5 atom stereocenters. The van der Waals surface area contributed by atoms with Gasteiger partial charge in [0.15, 0.2) is 23.0 Å². The van der Waals surface area contributed by atoms with Gasteiger partial charge in [-0.25, -0.2) is 0 Å². The van der Waals surface area contributed by atoms with Gasteiger partial charge in [0.2, 0.25) is 0 Å². The van der Waals surface area contributed by atoms with Crippen LogP contribution < -0.4 is 4.90 Å². The minimum absolute atomic E-state index is 0.0184. The van der Waals surface area contributed by atoms with Crippen LogP contribution >= 0.6 is 0 Å². The molecule has 0 spiro atoms. The van der Waals surface area contributed by atoms with Crippen LogP contribution in [0.3, 0.4) is 0 Å². The highest BCUT2D eigenvalue weighted by Crippen LogP contribution is 2.68. The fourth-order valence-electron chi connectivity index (χ4n) is 8.41. The predicted octanol–water partition coefficient (Wildman–Crippen LogP) is 5.13. The Morgan fingerprint density at radius 3 is 2.42 bits per heavy atom. The highest BCUT2D eigenvalue weighted by atomic mass is 16.6. The van der Waals surface area contributed by atoms with Crippen LogP contribution in [0.4, 0.5) is 5.69 Å². The first-order valence-electron chi connectivity index (χ1n) is 14.5. The van der Waals surface area contributed by atoms with Gasteiger partial charge in [-0.05, 0) is 85.3 Å². The molecule has 1 aromatic carbocycles. The van der Waals surface area contributed by atoms with Crippen molar-refractivity contribution in [1.82, 2.24) is 0 Å². The van der Waals surface area contributed by atoms with Crippen LogP contribution in [0.1, 0.15) is 76.7 Å². The van der Waals surface area contributed by atoms with Crippen LogP contribution in [0, 0.1) is 17.3 Å². The number of carbonyl (C=O) groups is 4. The topological polar surface area (TPSA) is 90.0 Å². The molecule has 0 N–H and O–H groups in total. The second kappa shape index (κ2) is 10.7. The van der Waals surface area contributed by atoms with Gasteiger partial charge in [-0.15, -0.1) is 0 Å². The van der Waals surface area contributed by atoms with Crippen molar-refractivity contribution >= 4 is 29.0 Å². The maximum absolute atomic E-state index is 14.0. The molecule has 40 heavy (non-hydrogen) atoms. The molecule has 7 nitrogen and oxygen atoms in total. The molecule has 5 rings (SSSR count). The number of benzene rings is 1. The summed E-state index contributed by atoms with van der Waals surface area (Å²) in [4.78, 5) is 53.5. The number of nitrogens with zero attached hydrogens (tertiary/aromatic N) is 1. The maximum atomic E-state index is 14.0. The number of fused-ring (bicyclic) bond motifs is 4. The fraction of sp³-hybridized carbons (Fsp3) is 0.576. The summed E-state index contributed by atoms with van der Waals surface area (Å²) in [6, 6.07) is 8.59. The molecule has 0 unspecified atom stereocenters. The monoisotopic (exact) mass is 547 g/mol. The highest BCUT2D eigenvalue weighted by Gasteiger charge is 2.68. The van der Waals surface area contributed by atoms with E-state index in [0.717, 1.165) is 31.4 Å². The number of anilines is 1. The van der Waals surface area contributed by atoms with Gasteiger partial charge in [0, 0.05) is 51.6 Å². The van der Waals surface area contributed by atoms with E-state index in [4.69, 9.17) is 9.47 Å². The average molecular weight is 548 g/mol. The van der Waals surface area contributed by atoms with E-state index in [1.807, 2.05) is 20.2 Å². The van der Waals surface area contributed by atoms with Gasteiger partial charge in [0.05, 0.1) is 6.42 Å². The lowest BCUT2D eigenvalue weighted by Crippen LogP contribution is -2.58. The molecule has 0 saturated heterocycles. The maximum Gasteiger partial charge on any atom is 0.303 e. The molecule has 0 aliphatic heterocycles. The van der Waals surface area contributed by atoms with E-state index in [2.05, 4.69) is 36.1 Å². The summed E-state index contributed by atoms with van der Waals surface area (Å²) in [6.45, 7) is 3.33. The van der Waals surface area contributed by atoms with Crippen molar-refractivity contribution in [3.05, 3.63) is 52.6 Å². The molecular weight excluding hydrogens is 506 g/mol. The Labute approximate surface area is 237 Å². The molecule has 7 heteroatoms. The first-order valence-corrected chi connectivity index (χ1v) is 14.5. The van der Waals surface area contributed by atoms with E-state index >= 15 is 0 Å². The summed E-state index contributed by atoms with van der Waals surface area (Å²) >= 11 is 0. The number of ether oxygens (including phenoxy) is 2. The third-order valence-corrected chi connectivity index (χ3v) is 10.1. The van der Waals surface area contributed by atoms with Crippen molar-refractivity contribution in [1.29, 1.82) is 0 Å². The standard InChI is InChI=1S/C33H41NO6/c1-20(35)40-33(30(38)17-25(37)19-39-5)15-14-29-27-12-8-22-16-24(36)11-13-26(22)31(27)28(18-32(29,33)2)21-6-9-23(10-7-21)34(3)4/h6-7,9-10,16,27-29H,8,11-15,17-19H2,1-5H3/t27-,28+,29-,32-,33-/m0/s1. The van der Waals surface area contributed by atoms with Crippen LogP contribution in [-0.2, 0) is 28.7 Å². The number of hydrogen-bond donors (Lipinski definition) is 0. The van der Waals surface area contributed by atoms with Crippen LogP contribution in [0.15, 0.2) is 47.1 Å². The molecule has 0 radical (unpaired) electrons. The highest BCUT2D eigenvalue weighted by molar-refractivity contribution is 6.05. The van der Waals surface area contributed by atoms with Crippen molar-refractivity contribution in [2.24, 2.45) is 17.3 Å². The number of esters is 1. The van der Waals surface area contributed by atoms with Gasteiger partial charge in [-0.1, -0.05) is 24.6 Å². The van der Waals surface area contributed by atoms with Crippen molar-refractivity contribution < 1.29 is 28.7 Å². The fourth-order valence-corrected chi connectivity index (χ4v) is 8.41. The molecule has 0 heterocycles. The predicted molar refractivity (Wildman–Crippen MR) is 152 cm³/mol. The Morgan fingerprint density at radius 1 is 1.05 bits per heavy atom. The van der Waals surface area contributed by atoms with Crippen LogP contribution in [0.2, 0.25) is 0 Å². The molecule has 2 saturated carbocycles. The quantitative estimate of drug-likeness (QED) is 0.329. The van der Waals surface area contributed by atoms with Crippen molar-refractivity contribution in [3.8, 4) is 0 Å². The zero-order valence-electron chi connectivity index (χ0n) is 24.4. The molecule has 214 valence electrons. The third-order valence-electron chi connectivity index (χ3n) is 10.1. The van der Waals surface area contributed by atoms with E-state index in [-0.39, 0.29) is 48.1 Å². The molecule has 2 fully saturated rings. The number of rotatable bonds is 8. The first kappa shape index (κ1) is 28.5. The Kier molecular flexibility index (Phi) is 7.64. The zero-order chi connectivity index (χ0) is 28.8. The molecule has 0 aromatic heterocycles. The molecule has 0 amide bonds. The number of ketones is 3.